The highest BCUT2D eigenvalue weighted by molar-refractivity contribution is 9.10. The molecule has 1 heterocycles. The van der Waals surface area contributed by atoms with Gasteiger partial charge in [-0.15, -0.1) is 0 Å². The average molecular weight is 302 g/mol. The molecule has 3 rings (SSSR count). The van der Waals surface area contributed by atoms with Crippen molar-refractivity contribution >= 4 is 15.9 Å². The van der Waals surface area contributed by atoms with E-state index in [1.165, 1.54) is 6.07 Å². The van der Waals surface area contributed by atoms with E-state index >= 15 is 0 Å². The molecule has 1 aromatic rings. The molecule has 1 aliphatic heterocycles. The predicted octanol–water partition coefficient (Wildman–Crippen LogP) is 2.09. The molecule has 0 radical (unpaired) electrons. The normalized spacial score (nSPS) is 36.2. The lowest BCUT2D eigenvalue weighted by atomic mass is 9.82. The predicted molar refractivity (Wildman–Crippen MR) is 63.6 cm³/mol. The first-order valence-electron chi connectivity index (χ1n) is 5.64. The third kappa shape index (κ3) is 1.73. The Morgan fingerprint density at radius 3 is 3.12 bits per heavy atom. The van der Waals surface area contributed by atoms with E-state index in [1.54, 1.807) is 12.1 Å². The number of hydroxylamine groups is 1. The molecule has 0 amide bonds. The maximum Gasteiger partial charge on any atom is 0.137 e. The van der Waals surface area contributed by atoms with Crippen molar-refractivity contribution < 1.29 is 14.3 Å². The van der Waals surface area contributed by atoms with Gasteiger partial charge in [-0.1, -0.05) is 6.07 Å². The van der Waals surface area contributed by atoms with E-state index in [-0.39, 0.29) is 23.4 Å². The summed E-state index contributed by atoms with van der Waals surface area (Å²) in [6, 6.07) is 4.96. The van der Waals surface area contributed by atoms with Gasteiger partial charge in [-0.3, -0.25) is 0 Å². The van der Waals surface area contributed by atoms with Crippen LogP contribution in [0.1, 0.15) is 18.4 Å². The van der Waals surface area contributed by atoms with Gasteiger partial charge >= 0.3 is 0 Å². The summed E-state index contributed by atoms with van der Waals surface area (Å²) < 4.78 is 13.7. The lowest BCUT2D eigenvalue weighted by Crippen LogP contribution is -2.38. The largest absolute Gasteiger partial charge is 0.393 e. The van der Waals surface area contributed by atoms with Crippen molar-refractivity contribution in [2.24, 2.45) is 5.92 Å². The molecule has 0 bridgehead atoms. The summed E-state index contributed by atoms with van der Waals surface area (Å²) >= 11 is 3.20. The number of aliphatic hydroxyl groups excluding tert-OH is 1. The zero-order valence-corrected chi connectivity index (χ0v) is 10.7. The second kappa shape index (κ2) is 4.02. The summed E-state index contributed by atoms with van der Waals surface area (Å²) in [5.41, 5.74) is 3.62. The lowest BCUT2D eigenvalue weighted by Gasteiger charge is -2.28. The zero-order chi connectivity index (χ0) is 12.0. The van der Waals surface area contributed by atoms with Crippen molar-refractivity contribution in [3.8, 4) is 0 Å². The van der Waals surface area contributed by atoms with Gasteiger partial charge in [0.25, 0.3) is 0 Å². The molecular weight excluding hydrogens is 289 g/mol. The van der Waals surface area contributed by atoms with E-state index < -0.39 is 0 Å². The Hall–Kier alpha value is -0.490. The van der Waals surface area contributed by atoms with Crippen LogP contribution in [0.4, 0.5) is 4.39 Å². The molecule has 0 spiro atoms. The smallest absolute Gasteiger partial charge is 0.137 e. The topological polar surface area (TPSA) is 41.5 Å². The van der Waals surface area contributed by atoms with E-state index in [0.29, 0.717) is 17.5 Å². The van der Waals surface area contributed by atoms with Crippen LogP contribution >= 0.6 is 15.9 Å². The van der Waals surface area contributed by atoms with Gasteiger partial charge in [0.1, 0.15) is 5.82 Å². The fraction of sp³-hybridized carbons (Fsp3) is 0.500. The van der Waals surface area contributed by atoms with Gasteiger partial charge in [0.05, 0.1) is 22.7 Å². The molecule has 1 aromatic carbocycles. The maximum atomic E-state index is 13.3. The van der Waals surface area contributed by atoms with Crippen molar-refractivity contribution in [3.63, 3.8) is 0 Å². The summed E-state index contributed by atoms with van der Waals surface area (Å²) in [4.78, 5) is 5.32. The summed E-state index contributed by atoms with van der Waals surface area (Å²) in [6.45, 7) is 0.589. The number of halogens is 2. The Bertz CT molecular complexity index is 456. The highest BCUT2D eigenvalue weighted by Crippen LogP contribution is 2.47. The minimum atomic E-state index is -0.365. The van der Waals surface area contributed by atoms with Gasteiger partial charge in [-0.05, 0) is 46.5 Å². The number of hydrogen-bond donors (Lipinski definition) is 2. The Morgan fingerprint density at radius 1 is 1.53 bits per heavy atom. The van der Waals surface area contributed by atoms with Crippen LogP contribution in [0.25, 0.3) is 0 Å². The molecular formula is C12H13BrFNO2. The first-order chi connectivity index (χ1) is 8.12. The number of nitrogens with one attached hydrogen (secondary N) is 1. The molecule has 2 N–H and O–H groups in total. The van der Waals surface area contributed by atoms with Crippen LogP contribution in [-0.2, 0) is 10.4 Å². The molecule has 3 atom stereocenters. The van der Waals surface area contributed by atoms with E-state index in [0.717, 1.165) is 12.0 Å². The third-order valence-electron chi connectivity index (χ3n) is 3.78. The van der Waals surface area contributed by atoms with E-state index in [4.69, 9.17) is 4.84 Å². The molecule has 2 fully saturated rings. The van der Waals surface area contributed by atoms with Crippen molar-refractivity contribution in [2.45, 2.75) is 24.5 Å². The third-order valence-corrected chi connectivity index (χ3v) is 4.39. The summed E-state index contributed by atoms with van der Waals surface area (Å²) in [6.07, 6.45) is 1.01. The summed E-state index contributed by atoms with van der Waals surface area (Å²) in [7, 11) is 0. The summed E-state index contributed by atoms with van der Waals surface area (Å²) in [5.74, 6) is -0.0333. The Kier molecular flexibility index (Phi) is 2.74. The minimum Gasteiger partial charge on any atom is -0.393 e. The Morgan fingerprint density at radius 2 is 2.35 bits per heavy atom. The van der Waals surface area contributed by atoms with Crippen LogP contribution in [0.15, 0.2) is 22.7 Å². The van der Waals surface area contributed by atoms with Crippen LogP contribution < -0.4 is 5.48 Å². The molecule has 5 heteroatoms. The van der Waals surface area contributed by atoms with Crippen molar-refractivity contribution in [1.82, 2.24) is 5.48 Å². The second-order valence-corrected chi connectivity index (χ2v) is 5.66. The quantitative estimate of drug-likeness (QED) is 0.834. The molecule has 3 nitrogen and oxygen atoms in total. The maximum absolute atomic E-state index is 13.3. The molecule has 2 aliphatic rings. The van der Waals surface area contributed by atoms with Gasteiger partial charge < -0.3 is 9.94 Å². The standard InChI is InChI=1S/C12H13BrFNO2/c13-10-4-7(1-2-11(10)14)12-5-9(16)3-8(12)6-17-15-12/h1-2,4,8-9,15-16H,3,5-6H2/t8-,9+,12+/m0/s1. The van der Waals surface area contributed by atoms with Gasteiger partial charge in [0.15, 0.2) is 0 Å². The van der Waals surface area contributed by atoms with Gasteiger partial charge in [-0.25, -0.2) is 4.39 Å². The monoisotopic (exact) mass is 301 g/mol. The average Bonchev–Trinajstić information content (AvgIpc) is 2.78. The molecule has 1 aliphatic carbocycles. The summed E-state index contributed by atoms with van der Waals surface area (Å²) in [5, 5.41) is 9.80. The molecule has 0 aromatic heterocycles. The molecule has 92 valence electrons. The number of benzene rings is 1. The number of hydrogen-bond acceptors (Lipinski definition) is 3. The highest BCUT2D eigenvalue weighted by atomic mass is 79.9. The van der Waals surface area contributed by atoms with E-state index in [9.17, 15) is 9.50 Å². The molecule has 1 saturated heterocycles. The van der Waals surface area contributed by atoms with Gasteiger partial charge in [0.2, 0.25) is 0 Å². The first kappa shape index (κ1) is 11.6. The number of aliphatic hydroxyl groups is 1. The number of rotatable bonds is 1. The molecule has 17 heavy (non-hydrogen) atoms. The fourth-order valence-electron chi connectivity index (χ4n) is 2.94. The van der Waals surface area contributed by atoms with Crippen molar-refractivity contribution in [3.05, 3.63) is 34.1 Å². The SMILES string of the molecule is O[C@@H]1C[C@H]2CON[C@@]2(c2ccc(F)c(Br)c2)C1. The molecule has 0 unspecified atom stereocenters. The minimum absolute atomic E-state index is 0.245. The molecule has 1 saturated carbocycles. The van der Waals surface area contributed by atoms with Crippen LogP contribution in [0.2, 0.25) is 0 Å². The van der Waals surface area contributed by atoms with Crippen molar-refractivity contribution in [1.29, 1.82) is 0 Å². The van der Waals surface area contributed by atoms with Gasteiger partial charge in [0, 0.05) is 5.92 Å². The van der Waals surface area contributed by atoms with Crippen LogP contribution in [0.5, 0.6) is 0 Å². The Balaban J connectivity index is 2.04. The first-order valence-corrected chi connectivity index (χ1v) is 6.44. The lowest BCUT2D eigenvalue weighted by molar-refractivity contribution is 0.0394. The fourth-order valence-corrected chi connectivity index (χ4v) is 3.32. The van der Waals surface area contributed by atoms with Crippen LogP contribution in [0, 0.1) is 11.7 Å². The second-order valence-electron chi connectivity index (χ2n) is 4.80. The Labute approximate surface area is 107 Å². The van der Waals surface area contributed by atoms with Crippen molar-refractivity contribution in [2.75, 3.05) is 6.61 Å². The van der Waals surface area contributed by atoms with Gasteiger partial charge in [-0.2, -0.15) is 5.48 Å². The number of fused-ring (bicyclic) bond motifs is 1. The van der Waals surface area contributed by atoms with Crippen LogP contribution in [-0.4, -0.2) is 17.8 Å². The zero-order valence-electron chi connectivity index (χ0n) is 9.12. The van der Waals surface area contributed by atoms with E-state index in [1.807, 2.05) is 0 Å². The van der Waals surface area contributed by atoms with E-state index in [2.05, 4.69) is 21.4 Å². The highest BCUT2D eigenvalue weighted by Gasteiger charge is 2.52. The van der Waals surface area contributed by atoms with Crippen LogP contribution in [0.3, 0.4) is 0 Å².